The number of aromatic nitrogens is 2. The van der Waals surface area contributed by atoms with Crippen molar-refractivity contribution >= 4 is 46.2 Å². The Morgan fingerprint density at radius 3 is 2.41 bits per heavy atom. The second-order valence-corrected chi connectivity index (χ2v) is 6.92. The second-order valence-electron chi connectivity index (χ2n) is 6.10. The van der Waals surface area contributed by atoms with Crippen molar-refractivity contribution in [2.45, 2.75) is 6.42 Å². The Kier molecular flexibility index (Phi) is 6.85. The van der Waals surface area contributed by atoms with E-state index in [-0.39, 0.29) is 0 Å². The van der Waals surface area contributed by atoms with Crippen LogP contribution in [0, 0.1) is 0 Å². The third kappa shape index (κ3) is 5.13. The molecule has 1 aromatic heterocycles. The van der Waals surface area contributed by atoms with Gasteiger partial charge in [-0.15, -0.1) is 0 Å². The zero-order chi connectivity index (χ0) is 20.8. The number of benzene rings is 2. The number of hydrogen-bond acceptors (Lipinski definition) is 7. The molecule has 3 rings (SSSR count). The van der Waals surface area contributed by atoms with Crippen molar-refractivity contribution in [1.29, 1.82) is 0 Å². The van der Waals surface area contributed by atoms with Gasteiger partial charge in [-0.3, -0.25) is 0 Å². The average molecular weight is 434 g/mol. The van der Waals surface area contributed by atoms with Gasteiger partial charge in [-0.2, -0.15) is 0 Å². The average Bonchev–Trinajstić information content (AvgIpc) is 2.73. The van der Waals surface area contributed by atoms with E-state index in [0.717, 1.165) is 17.7 Å². The third-order valence-corrected chi connectivity index (χ3v) is 4.96. The van der Waals surface area contributed by atoms with E-state index in [2.05, 4.69) is 20.6 Å². The van der Waals surface area contributed by atoms with Crippen LogP contribution in [0.2, 0.25) is 10.0 Å². The maximum absolute atomic E-state index is 6.22. The van der Waals surface area contributed by atoms with E-state index in [4.69, 9.17) is 38.4 Å². The summed E-state index contributed by atoms with van der Waals surface area (Å²) < 4.78 is 10.6. The van der Waals surface area contributed by atoms with Gasteiger partial charge in [0.05, 0.1) is 24.3 Å². The maximum Gasteiger partial charge on any atom is 0.160 e. The van der Waals surface area contributed by atoms with Crippen molar-refractivity contribution < 1.29 is 9.47 Å². The van der Waals surface area contributed by atoms with Gasteiger partial charge in [0.25, 0.3) is 0 Å². The normalized spacial score (nSPS) is 10.5. The molecule has 4 N–H and O–H groups in total. The summed E-state index contributed by atoms with van der Waals surface area (Å²) in [6.07, 6.45) is 2.19. The molecule has 0 saturated heterocycles. The topological polar surface area (TPSA) is 94.3 Å². The van der Waals surface area contributed by atoms with Gasteiger partial charge in [0.15, 0.2) is 23.1 Å². The fourth-order valence-corrected chi connectivity index (χ4v) is 3.01. The minimum Gasteiger partial charge on any atom is -0.493 e. The number of halogens is 2. The Morgan fingerprint density at radius 2 is 1.69 bits per heavy atom. The highest BCUT2D eigenvalue weighted by atomic mass is 35.5. The molecule has 0 saturated carbocycles. The lowest BCUT2D eigenvalue weighted by Gasteiger charge is -2.13. The first-order chi connectivity index (χ1) is 14.0. The smallest absolute Gasteiger partial charge is 0.160 e. The van der Waals surface area contributed by atoms with Crippen molar-refractivity contribution in [2.24, 2.45) is 0 Å². The standard InChI is InChI=1S/C20H21Cl2N5O2/c1-28-16-6-3-12(9-17(16)29-2)7-8-24-19-18(23)20(26-11-25-19)27-13-4-5-14(21)15(22)10-13/h3-6,9-11H,7-8,23H2,1-2H3,(H2,24,25,26,27). The quantitative estimate of drug-likeness (QED) is 0.470. The molecule has 0 radical (unpaired) electrons. The van der Waals surface area contributed by atoms with Crippen LogP contribution in [0.15, 0.2) is 42.7 Å². The Balaban J connectivity index is 1.66. The molecule has 9 heteroatoms. The van der Waals surface area contributed by atoms with Crippen LogP contribution in [0.5, 0.6) is 11.5 Å². The SMILES string of the molecule is COc1ccc(CCNc2ncnc(Nc3ccc(Cl)c(Cl)c3)c2N)cc1OC. The first kappa shape index (κ1) is 20.8. The Morgan fingerprint density at radius 1 is 0.931 bits per heavy atom. The van der Waals surface area contributed by atoms with Crippen LogP contribution in [0.4, 0.5) is 23.0 Å². The lowest BCUT2D eigenvalue weighted by atomic mass is 10.1. The molecule has 0 atom stereocenters. The van der Waals surface area contributed by atoms with E-state index in [1.807, 2.05) is 18.2 Å². The van der Waals surface area contributed by atoms with Gasteiger partial charge in [0.2, 0.25) is 0 Å². The highest BCUT2D eigenvalue weighted by Crippen LogP contribution is 2.30. The summed E-state index contributed by atoms with van der Waals surface area (Å²) in [7, 11) is 3.23. The Hall–Kier alpha value is -2.90. The summed E-state index contributed by atoms with van der Waals surface area (Å²) in [6.45, 7) is 0.628. The summed E-state index contributed by atoms with van der Waals surface area (Å²) in [5.74, 6) is 2.41. The predicted octanol–water partition coefficient (Wildman–Crippen LogP) is 4.78. The third-order valence-electron chi connectivity index (χ3n) is 4.22. The van der Waals surface area contributed by atoms with Crippen LogP contribution >= 0.6 is 23.2 Å². The summed E-state index contributed by atoms with van der Waals surface area (Å²) in [5.41, 5.74) is 8.44. The molecule has 29 heavy (non-hydrogen) atoms. The fourth-order valence-electron chi connectivity index (χ4n) is 2.71. The molecule has 0 aliphatic carbocycles. The highest BCUT2D eigenvalue weighted by Gasteiger charge is 2.10. The van der Waals surface area contributed by atoms with Gasteiger partial charge in [0, 0.05) is 12.2 Å². The van der Waals surface area contributed by atoms with Crippen LogP contribution in [0.1, 0.15) is 5.56 Å². The minimum absolute atomic E-state index is 0.408. The van der Waals surface area contributed by atoms with E-state index < -0.39 is 0 Å². The summed E-state index contributed by atoms with van der Waals surface area (Å²) in [5, 5.41) is 7.29. The number of hydrogen-bond donors (Lipinski definition) is 3. The van der Waals surface area contributed by atoms with E-state index in [1.54, 1.807) is 32.4 Å². The largest absolute Gasteiger partial charge is 0.493 e. The minimum atomic E-state index is 0.408. The van der Waals surface area contributed by atoms with Crippen LogP contribution in [0.25, 0.3) is 0 Å². The Bertz CT molecular complexity index is 1000. The molecule has 2 aromatic carbocycles. The van der Waals surface area contributed by atoms with E-state index in [0.29, 0.717) is 45.4 Å². The Labute approximate surface area is 179 Å². The van der Waals surface area contributed by atoms with E-state index in [9.17, 15) is 0 Å². The lowest BCUT2D eigenvalue weighted by Crippen LogP contribution is -2.11. The monoisotopic (exact) mass is 433 g/mol. The second kappa shape index (κ2) is 9.54. The van der Waals surface area contributed by atoms with Gasteiger partial charge < -0.3 is 25.8 Å². The van der Waals surface area contributed by atoms with Crippen LogP contribution in [0.3, 0.4) is 0 Å². The number of nitrogens with two attached hydrogens (primary N) is 1. The molecule has 0 fully saturated rings. The number of ether oxygens (including phenoxy) is 2. The molecule has 152 valence electrons. The number of nitrogens with one attached hydrogen (secondary N) is 2. The van der Waals surface area contributed by atoms with Gasteiger partial charge in [0.1, 0.15) is 12.0 Å². The molecule has 0 unspecified atom stereocenters. The predicted molar refractivity (Wildman–Crippen MR) is 118 cm³/mol. The molecule has 0 aliphatic rings. The molecule has 0 amide bonds. The molecular formula is C20H21Cl2N5O2. The first-order valence-electron chi connectivity index (χ1n) is 8.79. The van der Waals surface area contributed by atoms with Gasteiger partial charge in [-0.05, 0) is 42.3 Å². The van der Waals surface area contributed by atoms with Crippen molar-refractivity contribution in [1.82, 2.24) is 9.97 Å². The molecule has 1 heterocycles. The number of rotatable bonds is 8. The van der Waals surface area contributed by atoms with E-state index >= 15 is 0 Å². The van der Waals surface area contributed by atoms with Crippen LogP contribution in [-0.2, 0) is 6.42 Å². The van der Waals surface area contributed by atoms with E-state index in [1.165, 1.54) is 6.33 Å². The zero-order valence-corrected chi connectivity index (χ0v) is 17.5. The van der Waals surface area contributed by atoms with Gasteiger partial charge >= 0.3 is 0 Å². The number of nitrogens with zero attached hydrogens (tertiary/aromatic N) is 2. The van der Waals surface area contributed by atoms with Gasteiger partial charge in [-0.1, -0.05) is 29.3 Å². The number of anilines is 4. The fraction of sp³-hybridized carbons (Fsp3) is 0.200. The first-order valence-corrected chi connectivity index (χ1v) is 9.54. The molecular weight excluding hydrogens is 413 g/mol. The highest BCUT2D eigenvalue weighted by molar-refractivity contribution is 6.42. The van der Waals surface area contributed by atoms with Crippen LogP contribution < -0.4 is 25.8 Å². The van der Waals surface area contributed by atoms with Gasteiger partial charge in [-0.25, -0.2) is 9.97 Å². The number of methoxy groups -OCH3 is 2. The zero-order valence-electron chi connectivity index (χ0n) is 16.0. The molecule has 0 spiro atoms. The summed E-state index contributed by atoms with van der Waals surface area (Å²) in [6, 6.07) is 11.0. The summed E-state index contributed by atoms with van der Waals surface area (Å²) >= 11 is 12.0. The van der Waals surface area contributed by atoms with Crippen molar-refractivity contribution in [3.8, 4) is 11.5 Å². The van der Waals surface area contributed by atoms with Crippen molar-refractivity contribution in [3.63, 3.8) is 0 Å². The van der Waals surface area contributed by atoms with Crippen molar-refractivity contribution in [2.75, 3.05) is 37.1 Å². The molecule has 0 aliphatic heterocycles. The summed E-state index contributed by atoms with van der Waals surface area (Å²) in [4.78, 5) is 8.43. The lowest BCUT2D eigenvalue weighted by molar-refractivity contribution is 0.354. The molecule has 7 nitrogen and oxygen atoms in total. The number of nitrogen functional groups attached to an aromatic ring is 1. The molecule has 3 aromatic rings. The van der Waals surface area contributed by atoms with Crippen LogP contribution in [-0.4, -0.2) is 30.7 Å². The van der Waals surface area contributed by atoms with Crippen molar-refractivity contribution in [3.05, 3.63) is 58.3 Å². The molecule has 0 bridgehead atoms. The maximum atomic E-state index is 6.22.